The maximum absolute atomic E-state index is 9.34. The normalized spacial score (nSPS) is 17.4. The van der Waals surface area contributed by atoms with Crippen molar-refractivity contribution in [2.24, 2.45) is 11.5 Å². The van der Waals surface area contributed by atoms with Gasteiger partial charge in [0, 0.05) is 12.1 Å². The van der Waals surface area contributed by atoms with Crippen LogP contribution in [0, 0.1) is 0 Å². The van der Waals surface area contributed by atoms with Crippen LogP contribution in [0.5, 0.6) is 0 Å². The molecule has 0 aliphatic rings. The standard InChI is InChI=1S/C7H18N2O/c1-3-5(8)7(10)6(9)4-2/h5-7,10H,3-4,8-9H2,1-2H3/t5-,6-/m0/s1. The highest BCUT2D eigenvalue weighted by Crippen LogP contribution is 2.01. The molecule has 0 aromatic heterocycles. The minimum atomic E-state index is -0.546. The number of hydrogen-bond acceptors (Lipinski definition) is 3. The van der Waals surface area contributed by atoms with E-state index in [0.717, 1.165) is 12.8 Å². The monoisotopic (exact) mass is 146 g/mol. The van der Waals surface area contributed by atoms with Crippen LogP contribution in [0.25, 0.3) is 0 Å². The van der Waals surface area contributed by atoms with Crippen LogP contribution >= 0.6 is 0 Å². The Morgan fingerprint density at radius 1 is 1.10 bits per heavy atom. The lowest BCUT2D eigenvalue weighted by Gasteiger charge is -2.22. The van der Waals surface area contributed by atoms with E-state index >= 15 is 0 Å². The smallest absolute Gasteiger partial charge is 0.0841 e. The maximum Gasteiger partial charge on any atom is 0.0841 e. The molecule has 2 atom stereocenters. The van der Waals surface area contributed by atoms with E-state index in [1.54, 1.807) is 0 Å². The molecular weight excluding hydrogens is 128 g/mol. The van der Waals surface area contributed by atoms with Gasteiger partial charge in [0.05, 0.1) is 6.10 Å². The van der Waals surface area contributed by atoms with Gasteiger partial charge >= 0.3 is 0 Å². The predicted molar refractivity (Wildman–Crippen MR) is 42.5 cm³/mol. The van der Waals surface area contributed by atoms with Gasteiger partial charge in [0.25, 0.3) is 0 Å². The van der Waals surface area contributed by atoms with Gasteiger partial charge in [0.1, 0.15) is 0 Å². The lowest BCUT2D eigenvalue weighted by molar-refractivity contribution is 0.113. The van der Waals surface area contributed by atoms with Crippen LogP contribution < -0.4 is 11.5 Å². The zero-order valence-corrected chi connectivity index (χ0v) is 6.75. The third kappa shape index (κ3) is 2.64. The highest BCUT2D eigenvalue weighted by atomic mass is 16.3. The van der Waals surface area contributed by atoms with Gasteiger partial charge < -0.3 is 16.6 Å². The van der Waals surface area contributed by atoms with Crippen molar-refractivity contribution in [3.8, 4) is 0 Å². The Labute approximate surface area is 62.4 Å². The summed E-state index contributed by atoms with van der Waals surface area (Å²) in [7, 11) is 0. The molecule has 0 rings (SSSR count). The van der Waals surface area contributed by atoms with Gasteiger partial charge in [0.15, 0.2) is 0 Å². The quantitative estimate of drug-likeness (QED) is 0.515. The number of nitrogens with two attached hydrogens (primary N) is 2. The molecule has 10 heavy (non-hydrogen) atoms. The first-order valence-electron chi connectivity index (χ1n) is 3.82. The molecule has 0 spiro atoms. The minimum Gasteiger partial charge on any atom is -0.390 e. The van der Waals surface area contributed by atoms with Gasteiger partial charge in [0.2, 0.25) is 0 Å². The Bertz CT molecular complexity index is 77.7. The molecule has 0 aromatic rings. The summed E-state index contributed by atoms with van der Waals surface area (Å²) >= 11 is 0. The molecule has 0 fully saturated rings. The van der Waals surface area contributed by atoms with Crippen molar-refractivity contribution in [1.29, 1.82) is 0 Å². The summed E-state index contributed by atoms with van der Waals surface area (Å²) in [5.41, 5.74) is 11.1. The van der Waals surface area contributed by atoms with Gasteiger partial charge in [-0.1, -0.05) is 13.8 Å². The van der Waals surface area contributed by atoms with Crippen molar-refractivity contribution < 1.29 is 5.11 Å². The molecule has 0 saturated carbocycles. The fraction of sp³-hybridized carbons (Fsp3) is 1.00. The van der Waals surface area contributed by atoms with E-state index in [0.29, 0.717) is 0 Å². The first-order valence-corrected chi connectivity index (χ1v) is 3.82. The SMILES string of the molecule is CC[C@H](N)C(O)[C@@H](N)CC. The van der Waals surface area contributed by atoms with Crippen molar-refractivity contribution in [3.63, 3.8) is 0 Å². The zero-order valence-electron chi connectivity index (χ0n) is 6.75. The van der Waals surface area contributed by atoms with Gasteiger partial charge in [-0.05, 0) is 12.8 Å². The second-order valence-electron chi connectivity index (χ2n) is 2.63. The summed E-state index contributed by atoms with van der Waals surface area (Å²) in [6.45, 7) is 3.88. The van der Waals surface area contributed by atoms with Crippen LogP contribution in [0.1, 0.15) is 26.7 Å². The first-order chi connectivity index (χ1) is 4.63. The zero-order chi connectivity index (χ0) is 8.15. The van der Waals surface area contributed by atoms with E-state index in [9.17, 15) is 5.11 Å². The van der Waals surface area contributed by atoms with Crippen LogP contribution in [-0.2, 0) is 0 Å². The van der Waals surface area contributed by atoms with E-state index in [2.05, 4.69) is 0 Å². The second kappa shape index (κ2) is 4.66. The summed E-state index contributed by atoms with van der Waals surface area (Å²) in [4.78, 5) is 0. The van der Waals surface area contributed by atoms with Crippen LogP contribution in [-0.4, -0.2) is 23.3 Å². The number of rotatable bonds is 4. The average Bonchev–Trinajstić information content (AvgIpc) is 2.00. The first kappa shape index (κ1) is 9.88. The molecule has 0 saturated heterocycles. The highest BCUT2D eigenvalue weighted by Gasteiger charge is 2.18. The predicted octanol–water partition coefficient (Wildman–Crippen LogP) is -0.178. The van der Waals surface area contributed by atoms with Crippen molar-refractivity contribution in [3.05, 3.63) is 0 Å². The summed E-state index contributed by atoms with van der Waals surface area (Å²) in [6.07, 6.45) is 0.999. The van der Waals surface area contributed by atoms with Gasteiger partial charge in [-0.2, -0.15) is 0 Å². The number of aliphatic hydroxyl groups excluding tert-OH is 1. The third-order valence-corrected chi connectivity index (χ3v) is 1.82. The van der Waals surface area contributed by atoms with Crippen LogP contribution in [0.4, 0.5) is 0 Å². The molecule has 0 radical (unpaired) electrons. The third-order valence-electron chi connectivity index (χ3n) is 1.82. The summed E-state index contributed by atoms with van der Waals surface area (Å²) < 4.78 is 0. The van der Waals surface area contributed by atoms with Gasteiger partial charge in [-0.3, -0.25) is 0 Å². The number of hydrogen-bond donors (Lipinski definition) is 3. The van der Waals surface area contributed by atoms with Crippen LogP contribution in [0.15, 0.2) is 0 Å². The van der Waals surface area contributed by atoms with E-state index in [-0.39, 0.29) is 12.1 Å². The molecule has 0 bridgehead atoms. The Morgan fingerprint density at radius 3 is 1.60 bits per heavy atom. The molecule has 0 aliphatic carbocycles. The van der Waals surface area contributed by atoms with Crippen molar-refractivity contribution in [1.82, 2.24) is 0 Å². The molecule has 62 valence electrons. The summed E-state index contributed by atoms with van der Waals surface area (Å²) in [5.74, 6) is 0. The second-order valence-corrected chi connectivity index (χ2v) is 2.63. The molecule has 3 heteroatoms. The molecular formula is C7H18N2O. The molecule has 0 aliphatic heterocycles. The molecule has 0 heterocycles. The van der Waals surface area contributed by atoms with Crippen molar-refractivity contribution in [2.45, 2.75) is 44.9 Å². The molecule has 5 N–H and O–H groups in total. The Hall–Kier alpha value is -0.120. The fourth-order valence-corrected chi connectivity index (χ4v) is 0.800. The number of aliphatic hydroxyl groups is 1. The van der Waals surface area contributed by atoms with Crippen molar-refractivity contribution >= 4 is 0 Å². The van der Waals surface area contributed by atoms with E-state index in [1.807, 2.05) is 13.8 Å². The molecule has 0 unspecified atom stereocenters. The Kier molecular flexibility index (Phi) is 4.60. The van der Waals surface area contributed by atoms with Gasteiger partial charge in [-0.25, -0.2) is 0 Å². The Morgan fingerprint density at radius 2 is 1.40 bits per heavy atom. The molecule has 3 nitrogen and oxygen atoms in total. The van der Waals surface area contributed by atoms with Crippen LogP contribution in [0.2, 0.25) is 0 Å². The van der Waals surface area contributed by atoms with E-state index in [1.165, 1.54) is 0 Å². The maximum atomic E-state index is 9.34. The average molecular weight is 146 g/mol. The lowest BCUT2D eigenvalue weighted by atomic mass is 10.0. The lowest BCUT2D eigenvalue weighted by Crippen LogP contribution is -2.46. The van der Waals surface area contributed by atoms with Crippen molar-refractivity contribution in [2.75, 3.05) is 0 Å². The minimum absolute atomic E-state index is 0.171. The Balaban J connectivity index is 3.69. The van der Waals surface area contributed by atoms with E-state index in [4.69, 9.17) is 11.5 Å². The van der Waals surface area contributed by atoms with E-state index < -0.39 is 6.10 Å². The van der Waals surface area contributed by atoms with Crippen LogP contribution in [0.3, 0.4) is 0 Å². The fourth-order valence-electron chi connectivity index (χ4n) is 0.800. The molecule has 0 aromatic carbocycles. The summed E-state index contributed by atoms with van der Waals surface area (Å²) in [5, 5.41) is 9.34. The van der Waals surface area contributed by atoms with Gasteiger partial charge in [-0.15, -0.1) is 0 Å². The topological polar surface area (TPSA) is 72.3 Å². The summed E-state index contributed by atoms with van der Waals surface area (Å²) in [6, 6.07) is -0.343. The highest BCUT2D eigenvalue weighted by molar-refractivity contribution is 4.79. The molecule has 0 amide bonds. The largest absolute Gasteiger partial charge is 0.390 e.